The molecule has 0 saturated heterocycles. The summed E-state index contributed by atoms with van der Waals surface area (Å²) < 4.78 is 7.06. The van der Waals surface area contributed by atoms with E-state index in [4.69, 9.17) is 4.74 Å². The Morgan fingerprint density at radius 3 is 2.55 bits per heavy atom. The predicted octanol–water partition coefficient (Wildman–Crippen LogP) is 2.85. The smallest absolute Gasteiger partial charge is 0.270 e. The number of carbonyl (C=O) groups excluding carboxylic acids is 2. The highest BCUT2D eigenvalue weighted by Gasteiger charge is 2.23. The van der Waals surface area contributed by atoms with Crippen molar-refractivity contribution in [3.63, 3.8) is 0 Å². The van der Waals surface area contributed by atoms with Crippen LogP contribution >= 0.6 is 0 Å². The Bertz CT molecular complexity index is 896. The van der Waals surface area contributed by atoms with Gasteiger partial charge in [-0.05, 0) is 24.6 Å². The molecule has 0 unspecified atom stereocenters. The van der Waals surface area contributed by atoms with Gasteiger partial charge in [-0.3, -0.25) is 19.7 Å². The predicted molar refractivity (Wildman–Crippen MR) is 117 cm³/mol. The van der Waals surface area contributed by atoms with Crippen LogP contribution in [0.5, 0.6) is 0 Å². The van der Waals surface area contributed by atoms with Crippen LogP contribution in [0.3, 0.4) is 0 Å². The fourth-order valence-electron chi connectivity index (χ4n) is 3.15. The molecule has 0 radical (unpaired) electrons. The number of hydrogen-bond donors (Lipinski definition) is 0. The highest BCUT2D eigenvalue weighted by atomic mass is 16.6. The van der Waals surface area contributed by atoms with E-state index in [9.17, 15) is 19.7 Å². The largest absolute Gasteiger partial charge is 0.383 e. The zero-order valence-corrected chi connectivity index (χ0v) is 18.3. The van der Waals surface area contributed by atoms with Gasteiger partial charge in [-0.25, -0.2) is 0 Å². The van der Waals surface area contributed by atoms with Gasteiger partial charge in [0.05, 0.1) is 18.1 Å². The van der Waals surface area contributed by atoms with E-state index in [1.807, 2.05) is 29.9 Å². The lowest BCUT2D eigenvalue weighted by Gasteiger charge is -2.28. The van der Waals surface area contributed by atoms with Gasteiger partial charge >= 0.3 is 0 Å². The Morgan fingerprint density at radius 2 is 1.94 bits per heavy atom. The minimum absolute atomic E-state index is 0.126. The number of unbranched alkanes of at least 4 members (excludes halogenated alkanes) is 1. The maximum absolute atomic E-state index is 13.1. The number of benzene rings is 1. The number of carbonyl (C=O) groups is 2. The SMILES string of the molecule is CCCCN(Cc1cccn1C)C(=O)CN(CCOC)C(=O)c1cccc([N+](=O)[O-])c1. The third-order valence-electron chi connectivity index (χ3n) is 5.02. The fourth-order valence-corrected chi connectivity index (χ4v) is 3.15. The number of hydrogen-bond acceptors (Lipinski definition) is 5. The monoisotopic (exact) mass is 430 g/mol. The Morgan fingerprint density at radius 1 is 1.16 bits per heavy atom. The summed E-state index contributed by atoms with van der Waals surface area (Å²) in [5.74, 6) is -0.618. The second-order valence-electron chi connectivity index (χ2n) is 7.31. The number of amides is 2. The second kappa shape index (κ2) is 11.8. The van der Waals surface area contributed by atoms with Gasteiger partial charge in [-0.2, -0.15) is 0 Å². The first-order valence-corrected chi connectivity index (χ1v) is 10.3. The van der Waals surface area contributed by atoms with Crippen molar-refractivity contribution in [1.82, 2.24) is 14.4 Å². The average Bonchev–Trinajstić information content (AvgIpc) is 3.17. The van der Waals surface area contributed by atoms with E-state index in [-0.39, 0.29) is 36.9 Å². The molecule has 168 valence electrons. The van der Waals surface area contributed by atoms with Gasteiger partial charge < -0.3 is 19.1 Å². The third-order valence-corrected chi connectivity index (χ3v) is 5.02. The first-order chi connectivity index (χ1) is 14.9. The number of nitrogens with zero attached hydrogens (tertiary/aromatic N) is 4. The van der Waals surface area contributed by atoms with E-state index < -0.39 is 10.8 Å². The number of non-ortho nitro benzene ring substituents is 1. The molecule has 9 heteroatoms. The first-order valence-electron chi connectivity index (χ1n) is 10.3. The molecule has 0 bridgehead atoms. The van der Waals surface area contributed by atoms with Crippen LogP contribution in [0.2, 0.25) is 0 Å². The third kappa shape index (κ3) is 6.92. The normalized spacial score (nSPS) is 10.7. The number of rotatable bonds is 12. The number of aromatic nitrogens is 1. The summed E-state index contributed by atoms with van der Waals surface area (Å²) in [5.41, 5.74) is 0.996. The van der Waals surface area contributed by atoms with Crippen LogP contribution < -0.4 is 0 Å². The van der Waals surface area contributed by atoms with Crippen LogP contribution in [0.1, 0.15) is 35.8 Å². The lowest BCUT2D eigenvalue weighted by molar-refractivity contribution is -0.384. The number of aryl methyl sites for hydroxylation is 1. The van der Waals surface area contributed by atoms with Gasteiger partial charge in [0.1, 0.15) is 6.54 Å². The summed E-state index contributed by atoms with van der Waals surface area (Å²) in [7, 11) is 3.44. The van der Waals surface area contributed by atoms with Crippen molar-refractivity contribution in [1.29, 1.82) is 0 Å². The molecule has 1 aromatic carbocycles. The summed E-state index contributed by atoms with van der Waals surface area (Å²) >= 11 is 0. The molecule has 31 heavy (non-hydrogen) atoms. The van der Waals surface area contributed by atoms with E-state index in [0.717, 1.165) is 18.5 Å². The van der Waals surface area contributed by atoms with Gasteiger partial charge in [0, 0.05) is 56.8 Å². The summed E-state index contributed by atoms with van der Waals surface area (Å²) in [6.07, 6.45) is 3.72. The molecule has 0 atom stereocenters. The van der Waals surface area contributed by atoms with Crippen molar-refractivity contribution in [3.8, 4) is 0 Å². The van der Waals surface area contributed by atoms with Gasteiger partial charge in [0.2, 0.25) is 5.91 Å². The van der Waals surface area contributed by atoms with Crippen molar-refractivity contribution in [2.45, 2.75) is 26.3 Å². The summed E-state index contributed by atoms with van der Waals surface area (Å²) in [5, 5.41) is 11.1. The molecule has 2 amide bonds. The second-order valence-corrected chi connectivity index (χ2v) is 7.31. The van der Waals surface area contributed by atoms with Crippen molar-refractivity contribution in [2.75, 3.05) is 33.4 Å². The van der Waals surface area contributed by atoms with Gasteiger partial charge in [-0.1, -0.05) is 19.4 Å². The fraction of sp³-hybridized carbons (Fsp3) is 0.455. The number of methoxy groups -OCH3 is 1. The van der Waals surface area contributed by atoms with E-state index in [2.05, 4.69) is 6.92 Å². The summed E-state index contributed by atoms with van der Waals surface area (Å²) in [6.45, 7) is 3.42. The minimum Gasteiger partial charge on any atom is -0.383 e. The minimum atomic E-state index is -0.548. The molecule has 0 saturated carbocycles. The highest BCUT2D eigenvalue weighted by Crippen LogP contribution is 2.15. The number of nitro benzene ring substituents is 1. The Labute approximate surface area is 182 Å². The van der Waals surface area contributed by atoms with Crippen molar-refractivity contribution >= 4 is 17.5 Å². The van der Waals surface area contributed by atoms with E-state index >= 15 is 0 Å². The topological polar surface area (TPSA) is 97.9 Å². The molecule has 0 aliphatic carbocycles. The maximum atomic E-state index is 13.1. The van der Waals surface area contributed by atoms with Gasteiger partial charge in [0.25, 0.3) is 11.6 Å². The quantitative estimate of drug-likeness (QED) is 0.381. The van der Waals surface area contributed by atoms with Crippen molar-refractivity contribution in [2.24, 2.45) is 7.05 Å². The lowest BCUT2D eigenvalue weighted by Crippen LogP contribution is -2.44. The van der Waals surface area contributed by atoms with Crippen LogP contribution in [0.15, 0.2) is 42.6 Å². The average molecular weight is 431 g/mol. The molecular weight excluding hydrogens is 400 g/mol. The molecule has 0 fully saturated rings. The van der Waals surface area contributed by atoms with Crippen molar-refractivity contribution < 1.29 is 19.2 Å². The van der Waals surface area contributed by atoms with Gasteiger partial charge in [-0.15, -0.1) is 0 Å². The van der Waals surface area contributed by atoms with E-state index in [0.29, 0.717) is 13.1 Å². The molecule has 0 spiro atoms. The summed E-state index contributed by atoms with van der Waals surface area (Å²) in [6, 6.07) is 9.42. The van der Waals surface area contributed by atoms with Crippen molar-refractivity contribution in [3.05, 3.63) is 64.0 Å². The maximum Gasteiger partial charge on any atom is 0.270 e. The van der Waals surface area contributed by atoms with Crippen LogP contribution in [0.4, 0.5) is 5.69 Å². The van der Waals surface area contributed by atoms with Crippen LogP contribution in [0.25, 0.3) is 0 Å². The van der Waals surface area contributed by atoms with Crippen LogP contribution in [0, 0.1) is 10.1 Å². The number of ether oxygens (including phenoxy) is 1. The molecule has 0 N–H and O–H groups in total. The first kappa shape index (κ1) is 24.1. The van der Waals surface area contributed by atoms with Gasteiger partial charge in [0.15, 0.2) is 0 Å². The zero-order chi connectivity index (χ0) is 22.8. The molecule has 0 aliphatic heterocycles. The van der Waals surface area contributed by atoms with Crippen LogP contribution in [-0.4, -0.2) is 64.5 Å². The molecular formula is C22H30N4O5. The van der Waals surface area contributed by atoms with E-state index in [1.54, 1.807) is 4.90 Å². The van der Waals surface area contributed by atoms with E-state index in [1.165, 1.54) is 36.3 Å². The molecule has 1 aromatic heterocycles. The molecule has 9 nitrogen and oxygen atoms in total. The molecule has 1 heterocycles. The van der Waals surface area contributed by atoms with Crippen LogP contribution in [-0.2, 0) is 23.1 Å². The molecule has 2 aromatic rings. The Kier molecular flexibility index (Phi) is 9.20. The standard InChI is InChI=1S/C22H30N4O5/c1-4-5-12-24(16-20-10-7-11-23(20)2)21(27)17-25(13-14-31-3)22(28)18-8-6-9-19(15-18)26(29)30/h6-11,15H,4-5,12-14,16-17H2,1-3H3. The lowest BCUT2D eigenvalue weighted by atomic mass is 10.1. The zero-order valence-electron chi connectivity index (χ0n) is 18.3. The molecule has 0 aliphatic rings. The molecule has 2 rings (SSSR count). The Balaban J connectivity index is 2.20. The Hall–Kier alpha value is -3.20. The number of nitro groups is 1. The summed E-state index contributed by atoms with van der Waals surface area (Å²) in [4.78, 5) is 39.8. The highest BCUT2D eigenvalue weighted by molar-refractivity contribution is 5.97.